The highest BCUT2D eigenvalue weighted by Crippen LogP contribution is 2.28. The number of rotatable bonds is 7. The lowest BCUT2D eigenvalue weighted by molar-refractivity contribution is 0.102. The molecular formula is C24H25FN4O3. The largest absolute Gasteiger partial charge is 0.448 e. The molecule has 4 N–H and O–H groups in total. The molecule has 0 saturated heterocycles. The predicted molar refractivity (Wildman–Crippen MR) is 124 cm³/mol. The van der Waals surface area contributed by atoms with Crippen molar-refractivity contribution in [2.75, 3.05) is 43.6 Å². The SMILES string of the molecule is CN(C)CCOC(=O)Nc1ccc(C(=O)Nc2cc(-c3ccc(F)cc3)ccc2N)cc1. The average Bonchev–Trinajstić information content (AvgIpc) is 2.76. The van der Waals surface area contributed by atoms with Gasteiger partial charge in [-0.3, -0.25) is 10.1 Å². The Labute approximate surface area is 186 Å². The quantitative estimate of drug-likeness (QED) is 0.476. The normalized spacial score (nSPS) is 10.6. The van der Waals surface area contributed by atoms with Crippen LogP contribution in [0.1, 0.15) is 10.4 Å². The molecule has 0 spiro atoms. The number of likely N-dealkylation sites (N-methyl/N-ethyl adjacent to an activating group) is 1. The van der Waals surface area contributed by atoms with E-state index in [-0.39, 0.29) is 18.3 Å². The zero-order valence-electron chi connectivity index (χ0n) is 17.9. The van der Waals surface area contributed by atoms with Crippen LogP contribution in [0.3, 0.4) is 0 Å². The Kier molecular flexibility index (Phi) is 7.41. The summed E-state index contributed by atoms with van der Waals surface area (Å²) in [5.74, 6) is -0.675. The summed E-state index contributed by atoms with van der Waals surface area (Å²) in [4.78, 5) is 26.4. The van der Waals surface area contributed by atoms with Crippen LogP contribution in [0.15, 0.2) is 66.7 Å². The molecule has 2 amide bonds. The minimum atomic E-state index is -0.561. The minimum Gasteiger partial charge on any atom is -0.448 e. The number of nitrogens with two attached hydrogens (primary N) is 1. The fraction of sp³-hybridized carbons (Fsp3) is 0.167. The van der Waals surface area contributed by atoms with Gasteiger partial charge in [0.05, 0.1) is 11.4 Å². The first-order valence-electron chi connectivity index (χ1n) is 9.97. The van der Waals surface area contributed by atoms with Crippen molar-refractivity contribution in [1.82, 2.24) is 4.90 Å². The zero-order chi connectivity index (χ0) is 23.1. The van der Waals surface area contributed by atoms with Gasteiger partial charge in [-0.05, 0) is 73.8 Å². The van der Waals surface area contributed by atoms with Gasteiger partial charge in [0, 0.05) is 17.8 Å². The van der Waals surface area contributed by atoms with Gasteiger partial charge < -0.3 is 20.7 Å². The molecule has 0 saturated carbocycles. The van der Waals surface area contributed by atoms with E-state index in [0.29, 0.717) is 29.2 Å². The lowest BCUT2D eigenvalue weighted by Gasteiger charge is -2.12. The number of nitrogen functional groups attached to an aromatic ring is 1. The molecule has 32 heavy (non-hydrogen) atoms. The van der Waals surface area contributed by atoms with E-state index in [9.17, 15) is 14.0 Å². The van der Waals surface area contributed by atoms with Gasteiger partial charge >= 0.3 is 6.09 Å². The third-order valence-corrected chi connectivity index (χ3v) is 4.64. The number of nitrogens with one attached hydrogen (secondary N) is 2. The Morgan fingerprint density at radius 1 is 0.938 bits per heavy atom. The smallest absolute Gasteiger partial charge is 0.411 e. The topological polar surface area (TPSA) is 96.7 Å². The maximum Gasteiger partial charge on any atom is 0.411 e. The Bertz CT molecular complexity index is 1080. The molecule has 8 heteroatoms. The number of ether oxygens (including phenoxy) is 1. The van der Waals surface area contributed by atoms with Gasteiger partial charge in [0.15, 0.2) is 0 Å². The molecule has 3 aromatic rings. The molecule has 0 aliphatic carbocycles. The van der Waals surface area contributed by atoms with E-state index in [4.69, 9.17) is 10.5 Å². The van der Waals surface area contributed by atoms with Crippen molar-refractivity contribution in [2.45, 2.75) is 0 Å². The molecule has 0 bridgehead atoms. The number of halogens is 1. The first-order chi connectivity index (χ1) is 15.3. The fourth-order valence-corrected chi connectivity index (χ4v) is 2.86. The average molecular weight is 436 g/mol. The van der Waals surface area contributed by atoms with Crippen molar-refractivity contribution in [1.29, 1.82) is 0 Å². The molecule has 0 fully saturated rings. The van der Waals surface area contributed by atoms with Crippen LogP contribution in [0.5, 0.6) is 0 Å². The molecule has 0 radical (unpaired) electrons. The van der Waals surface area contributed by atoms with Crippen LogP contribution in [-0.2, 0) is 4.74 Å². The summed E-state index contributed by atoms with van der Waals surface area (Å²) in [5, 5.41) is 5.40. The molecule has 0 heterocycles. The van der Waals surface area contributed by atoms with Crippen LogP contribution >= 0.6 is 0 Å². The third-order valence-electron chi connectivity index (χ3n) is 4.64. The minimum absolute atomic E-state index is 0.276. The van der Waals surface area contributed by atoms with E-state index in [0.717, 1.165) is 11.1 Å². The molecule has 0 aliphatic heterocycles. The van der Waals surface area contributed by atoms with E-state index < -0.39 is 6.09 Å². The maximum atomic E-state index is 13.2. The Hall–Kier alpha value is -3.91. The van der Waals surface area contributed by atoms with Crippen LogP contribution in [-0.4, -0.2) is 44.1 Å². The second kappa shape index (κ2) is 10.4. The van der Waals surface area contributed by atoms with Gasteiger partial charge in [0.1, 0.15) is 12.4 Å². The monoisotopic (exact) mass is 436 g/mol. The van der Waals surface area contributed by atoms with E-state index >= 15 is 0 Å². The first-order valence-corrected chi connectivity index (χ1v) is 9.97. The van der Waals surface area contributed by atoms with Crippen molar-refractivity contribution in [3.05, 3.63) is 78.1 Å². The number of carbonyl (C=O) groups is 2. The second-order valence-electron chi connectivity index (χ2n) is 7.40. The number of benzene rings is 3. The first kappa shape index (κ1) is 22.8. The fourth-order valence-electron chi connectivity index (χ4n) is 2.86. The molecule has 3 rings (SSSR count). The molecule has 0 aliphatic rings. The number of anilines is 3. The van der Waals surface area contributed by atoms with Crippen LogP contribution in [0.25, 0.3) is 11.1 Å². The Balaban J connectivity index is 1.64. The molecule has 0 atom stereocenters. The van der Waals surface area contributed by atoms with Crippen molar-refractivity contribution < 1.29 is 18.7 Å². The molecule has 166 valence electrons. The number of amides is 2. The van der Waals surface area contributed by atoms with Gasteiger partial charge in [-0.25, -0.2) is 9.18 Å². The lowest BCUT2D eigenvalue weighted by atomic mass is 10.0. The summed E-state index contributed by atoms with van der Waals surface area (Å²) in [6.45, 7) is 0.899. The van der Waals surface area contributed by atoms with Crippen LogP contribution in [0.2, 0.25) is 0 Å². The standard InChI is InChI=1S/C24H25FN4O3/c1-29(2)13-14-32-24(31)27-20-10-5-17(6-11-20)23(30)28-22-15-18(7-12-21(22)26)16-3-8-19(25)9-4-16/h3-12,15H,13-14,26H2,1-2H3,(H,27,31)(H,28,30). The number of hydrogen-bond acceptors (Lipinski definition) is 5. The maximum absolute atomic E-state index is 13.2. The molecule has 3 aromatic carbocycles. The number of carbonyl (C=O) groups excluding carboxylic acids is 2. The summed E-state index contributed by atoms with van der Waals surface area (Å²) in [6.07, 6.45) is -0.561. The highest BCUT2D eigenvalue weighted by atomic mass is 19.1. The number of nitrogens with zero attached hydrogens (tertiary/aromatic N) is 1. The predicted octanol–water partition coefficient (Wildman–Crippen LogP) is 4.44. The summed E-state index contributed by atoms with van der Waals surface area (Å²) in [7, 11) is 3.77. The van der Waals surface area contributed by atoms with Crippen molar-refractivity contribution in [3.8, 4) is 11.1 Å². The summed E-state index contributed by atoms with van der Waals surface area (Å²) >= 11 is 0. The third kappa shape index (κ3) is 6.29. The zero-order valence-corrected chi connectivity index (χ0v) is 17.9. The van der Waals surface area contributed by atoms with Gasteiger partial charge in [0.25, 0.3) is 5.91 Å². The van der Waals surface area contributed by atoms with Gasteiger partial charge in [0.2, 0.25) is 0 Å². The Morgan fingerprint density at radius 3 is 2.25 bits per heavy atom. The molecule has 7 nitrogen and oxygen atoms in total. The summed E-state index contributed by atoms with van der Waals surface area (Å²) in [5.41, 5.74) is 9.36. The Morgan fingerprint density at radius 2 is 1.59 bits per heavy atom. The van der Waals surface area contributed by atoms with Gasteiger partial charge in [-0.1, -0.05) is 18.2 Å². The summed E-state index contributed by atoms with van der Waals surface area (Å²) < 4.78 is 18.3. The van der Waals surface area contributed by atoms with Gasteiger partial charge in [-0.2, -0.15) is 0 Å². The summed E-state index contributed by atoms with van der Waals surface area (Å²) in [6, 6.07) is 17.7. The van der Waals surface area contributed by atoms with Crippen LogP contribution < -0.4 is 16.4 Å². The molecule has 0 unspecified atom stereocenters. The van der Waals surface area contributed by atoms with E-state index in [1.807, 2.05) is 19.0 Å². The molecular weight excluding hydrogens is 411 g/mol. The number of hydrogen-bond donors (Lipinski definition) is 3. The van der Waals surface area contributed by atoms with Crippen molar-refractivity contribution in [2.24, 2.45) is 0 Å². The molecule has 0 aromatic heterocycles. The van der Waals surface area contributed by atoms with Crippen molar-refractivity contribution >= 4 is 29.1 Å². The van der Waals surface area contributed by atoms with Crippen LogP contribution in [0.4, 0.5) is 26.2 Å². The lowest BCUT2D eigenvalue weighted by Crippen LogP contribution is -2.22. The van der Waals surface area contributed by atoms with E-state index in [1.165, 1.54) is 12.1 Å². The van der Waals surface area contributed by atoms with E-state index in [2.05, 4.69) is 10.6 Å². The second-order valence-corrected chi connectivity index (χ2v) is 7.40. The highest BCUT2D eigenvalue weighted by molar-refractivity contribution is 6.06. The highest BCUT2D eigenvalue weighted by Gasteiger charge is 2.11. The van der Waals surface area contributed by atoms with Gasteiger partial charge in [-0.15, -0.1) is 0 Å². The van der Waals surface area contributed by atoms with E-state index in [1.54, 1.807) is 54.6 Å². The van der Waals surface area contributed by atoms with Crippen molar-refractivity contribution in [3.63, 3.8) is 0 Å². The van der Waals surface area contributed by atoms with Crippen LogP contribution in [0, 0.1) is 5.82 Å².